The molecule has 0 bridgehead atoms. The van der Waals surface area contributed by atoms with Crippen LogP contribution in [0.3, 0.4) is 0 Å². The Morgan fingerprint density at radius 1 is 1.04 bits per heavy atom. The predicted octanol–water partition coefficient (Wildman–Crippen LogP) is 3.22. The summed E-state index contributed by atoms with van der Waals surface area (Å²) in [6.45, 7) is 4.47. The second-order valence-electron chi connectivity index (χ2n) is 5.97. The maximum atomic E-state index is 5.43. The summed E-state index contributed by atoms with van der Waals surface area (Å²) in [5, 5.41) is 4.10. The van der Waals surface area contributed by atoms with Crippen LogP contribution in [0.15, 0.2) is 57.7 Å². The lowest BCUT2D eigenvalue weighted by atomic mass is 10.2. The number of hydrogen-bond donors (Lipinski definition) is 0. The van der Waals surface area contributed by atoms with Gasteiger partial charge in [-0.2, -0.15) is 4.98 Å². The molecule has 1 aliphatic heterocycles. The summed E-state index contributed by atoms with van der Waals surface area (Å²) in [4.78, 5) is 13.6. The number of hydrogen-bond acceptors (Lipinski definition) is 6. The molecule has 1 aliphatic rings. The van der Waals surface area contributed by atoms with E-state index in [2.05, 4.69) is 46.9 Å². The van der Waals surface area contributed by atoms with E-state index in [0.717, 1.165) is 42.0 Å². The van der Waals surface area contributed by atoms with Crippen molar-refractivity contribution in [2.45, 2.75) is 6.54 Å². The van der Waals surface area contributed by atoms with Crippen LogP contribution in [0.2, 0.25) is 0 Å². The third kappa shape index (κ3) is 3.88. The van der Waals surface area contributed by atoms with E-state index in [0.29, 0.717) is 18.3 Å². The van der Waals surface area contributed by atoms with Crippen molar-refractivity contribution in [1.82, 2.24) is 20.0 Å². The van der Waals surface area contributed by atoms with Gasteiger partial charge in [-0.15, -0.1) is 0 Å². The number of rotatable bonds is 4. The molecule has 0 aliphatic carbocycles. The summed E-state index contributed by atoms with van der Waals surface area (Å²) < 4.78 is 6.43. The number of piperazine rings is 1. The molecule has 0 amide bonds. The number of anilines is 1. The molecule has 1 fully saturated rings. The summed E-state index contributed by atoms with van der Waals surface area (Å²) in [6, 6.07) is 13.9. The second kappa shape index (κ2) is 7.33. The standard InChI is InChI=1S/C18H18BrN5O/c19-15-5-3-4-14(12-15)18-21-17(25-22-18)13-23-8-10-24(11-9-23)16-6-1-2-7-20-16/h1-7,12H,8-11,13H2. The van der Waals surface area contributed by atoms with Gasteiger partial charge < -0.3 is 9.42 Å². The van der Waals surface area contributed by atoms with Gasteiger partial charge in [0, 0.05) is 42.4 Å². The molecule has 1 saturated heterocycles. The van der Waals surface area contributed by atoms with Crippen molar-refractivity contribution < 1.29 is 4.52 Å². The quantitative estimate of drug-likeness (QED) is 0.671. The Balaban J connectivity index is 1.36. The van der Waals surface area contributed by atoms with E-state index >= 15 is 0 Å². The molecule has 3 heterocycles. The maximum absolute atomic E-state index is 5.43. The normalized spacial score (nSPS) is 15.5. The molecule has 25 heavy (non-hydrogen) atoms. The largest absolute Gasteiger partial charge is 0.354 e. The first-order valence-corrected chi connectivity index (χ1v) is 9.04. The fraction of sp³-hybridized carbons (Fsp3) is 0.278. The van der Waals surface area contributed by atoms with Gasteiger partial charge in [-0.05, 0) is 24.3 Å². The van der Waals surface area contributed by atoms with Crippen LogP contribution in [-0.2, 0) is 6.54 Å². The zero-order chi connectivity index (χ0) is 17.1. The van der Waals surface area contributed by atoms with Gasteiger partial charge in [0.15, 0.2) is 0 Å². The molecule has 6 nitrogen and oxygen atoms in total. The topological polar surface area (TPSA) is 58.3 Å². The molecular weight excluding hydrogens is 382 g/mol. The highest BCUT2D eigenvalue weighted by Gasteiger charge is 2.20. The van der Waals surface area contributed by atoms with Gasteiger partial charge in [-0.25, -0.2) is 4.98 Å². The zero-order valence-corrected chi connectivity index (χ0v) is 15.3. The van der Waals surface area contributed by atoms with Crippen molar-refractivity contribution in [3.8, 4) is 11.4 Å². The van der Waals surface area contributed by atoms with Crippen molar-refractivity contribution in [1.29, 1.82) is 0 Å². The second-order valence-corrected chi connectivity index (χ2v) is 6.89. The monoisotopic (exact) mass is 399 g/mol. The van der Waals surface area contributed by atoms with E-state index in [9.17, 15) is 0 Å². The highest BCUT2D eigenvalue weighted by atomic mass is 79.9. The van der Waals surface area contributed by atoms with Crippen LogP contribution < -0.4 is 4.90 Å². The first-order chi connectivity index (χ1) is 12.3. The number of pyridine rings is 1. The third-order valence-corrected chi connectivity index (χ3v) is 4.75. The van der Waals surface area contributed by atoms with E-state index in [4.69, 9.17) is 4.52 Å². The van der Waals surface area contributed by atoms with Crippen LogP contribution in [0.25, 0.3) is 11.4 Å². The maximum Gasteiger partial charge on any atom is 0.241 e. The summed E-state index contributed by atoms with van der Waals surface area (Å²) in [5.41, 5.74) is 0.948. The first kappa shape index (κ1) is 16.2. The van der Waals surface area contributed by atoms with E-state index < -0.39 is 0 Å². The minimum Gasteiger partial charge on any atom is -0.354 e. The lowest BCUT2D eigenvalue weighted by molar-refractivity contribution is 0.215. The summed E-state index contributed by atoms with van der Waals surface area (Å²) in [5.74, 6) is 2.32. The minimum absolute atomic E-state index is 0.628. The van der Waals surface area contributed by atoms with Crippen molar-refractivity contribution >= 4 is 21.7 Å². The van der Waals surface area contributed by atoms with Crippen LogP contribution in [0, 0.1) is 0 Å². The minimum atomic E-state index is 0.628. The number of aromatic nitrogens is 3. The molecule has 0 atom stereocenters. The van der Waals surface area contributed by atoms with Gasteiger partial charge in [0.25, 0.3) is 0 Å². The molecule has 128 valence electrons. The van der Waals surface area contributed by atoms with Crippen LogP contribution in [0.5, 0.6) is 0 Å². The number of halogens is 1. The summed E-state index contributed by atoms with van der Waals surface area (Å²) in [6.07, 6.45) is 1.84. The van der Waals surface area contributed by atoms with E-state index in [1.165, 1.54) is 0 Å². The molecule has 2 aromatic heterocycles. The van der Waals surface area contributed by atoms with Crippen molar-refractivity contribution in [3.63, 3.8) is 0 Å². The highest BCUT2D eigenvalue weighted by molar-refractivity contribution is 9.10. The Morgan fingerprint density at radius 3 is 2.68 bits per heavy atom. The van der Waals surface area contributed by atoms with Crippen molar-refractivity contribution in [2.24, 2.45) is 0 Å². The fourth-order valence-corrected chi connectivity index (χ4v) is 3.33. The zero-order valence-electron chi connectivity index (χ0n) is 13.7. The van der Waals surface area contributed by atoms with Gasteiger partial charge in [-0.3, -0.25) is 4.90 Å². The van der Waals surface area contributed by atoms with E-state index in [1.54, 1.807) is 0 Å². The molecule has 7 heteroatoms. The Morgan fingerprint density at radius 2 is 1.92 bits per heavy atom. The van der Waals surface area contributed by atoms with Crippen LogP contribution >= 0.6 is 15.9 Å². The predicted molar refractivity (Wildman–Crippen MR) is 99.2 cm³/mol. The summed E-state index contributed by atoms with van der Waals surface area (Å²) >= 11 is 3.47. The van der Waals surface area contributed by atoms with Gasteiger partial charge in [-0.1, -0.05) is 39.3 Å². The Hall–Kier alpha value is -2.25. The average Bonchev–Trinajstić information content (AvgIpc) is 3.12. The Kier molecular flexibility index (Phi) is 4.76. The molecule has 1 aromatic carbocycles. The number of benzene rings is 1. The van der Waals surface area contributed by atoms with E-state index in [1.807, 2.05) is 42.6 Å². The van der Waals surface area contributed by atoms with Gasteiger partial charge in [0.2, 0.25) is 11.7 Å². The molecule has 3 aromatic rings. The molecular formula is C18H18BrN5O. The lowest BCUT2D eigenvalue weighted by Gasteiger charge is -2.34. The van der Waals surface area contributed by atoms with Gasteiger partial charge in [0.1, 0.15) is 5.82 Å². The van der Waals surface area contributed by atoms with Crippen LogP contribution in [0.1, 0.15) is 5.89 Å². The fourth-order valence-electron chi connectivity index (χ4n) is 2.93. The molecule has 0 saturated carbocycles. The average molecular weight is 400 g/mol. The van der Waals surface area contributed by atoms with Crippen molar-refractivity contribution in [2.75, 3.05) is 31.1 Å². The number of nitrogens with zero attached hydrogens (tertiary/aromatic N) is 5. The van der Waals surface area contributed by atoms with E-state index in [-0.39, 0.29) is 0 Å². The van der Waals surface area contributed by atoms with Gasteiger partial charge >= 0.3 is 0 Å². The van der Waals surface area contributed by atoms with Crippen LogP contribution in [0.4, 0.5) is 5.82 Å². The van der Waals surface area contributed by atoms with Gasteiger partial charge in [0.05, 0.1) is 6.54 Å². The molecule has 0 unspecified atom stereocenters. The summed E-state index contributed by atoms with van der Waals surface area (Å²) in [7, 11) is 0. The molecule has 0 spiro atoms. The smallest absolute Gasteiger partial charge is 0.241 e. The molecule has 4 rings (SSSR count). The lowest BCUT2D eigenvalue weighted by Crippen LogP contribution is -2.46. The van der Waals surface area contributed by atoms with Crippen molar-refractivity contribution in [3.05, 3.63) is 59.0 Å². The Labute approximate surface area is 154 Å². The highest BCUT2D eigenvalue weighted by Crippen LogP contribution is 2.21. The molecule has 0 N–H and O–H groups in total. The Bertz CT molecular complexity index is 830. The molecule has 0 radical (unpaired) electrons. The van der Waals surface area contributed by atoms with Crippen LogP contribution in [-0.4, -0.2) is 46.2 Å². The SMILES string of the molecule is Brc1cccc(-c2noc(CN3CCN(c4ccccn4)CC3)n2)c1. The first-order valence-electron chi connectivity index (χ1n) is 8.25. The third-order valence-electron chi connectivity index (χ3n) is 4.26.